The van der Waals surface area contributed by atoms with Crippen LogP contribution in [0.1, 0.15) is 90.7 Å². The Balaban J connectivity index is 1.04. The minimum Gasteiger partial charge on any atom is -0.491 e. The number of benzene rings is 1. The summed E-state index contributed by atoms with van der Waals surface area (Å²) in [4.78, 5) is 63.2. The molecule has 4 saturated carbocycles. The number of carboxylic acid groups (broad SMARTS) is 1. The highest BCUT2D eigenvalue weighted by Gasteiger charge is 2.61. The van der Waals surface area contributed by atoms with Gasteiger partial charge >= 0.3 is 12.1 Å². The Morgan fingerprint density at radius 2 is 1.79 bits per heavy atom. The number of aliphatic carboxylic acids is 1. The van der Waals surface area contributed by atoms with Crippen molar-refractivity contribution in [1.82, 2.24) is 25.4 Å². The van der Waals surface area contributed by atoms with E-state index in [-0.39, 0.29) is 30.9 Å². The number of morpholine rings is 1. The van der Waals surface area contributed by atoms with Crippen LogP contribution in [-0.4, -0.2) is 120 Å². The van der Waals surface area contributed by atoms with Gasteiger partial charge in [0.05, 0.1) is 25.3 Å². The van der Waals surface area contributed by atoms with E-state index >= 15 is 0 Å². The van der Waals surface area contributed by atoms with Crippen molar-refractivity contribution in [3.05, 3.63) is 28.9 Å². The summed E-state index contributed by atoms with van der Waals surface area (Å²) < 4.78 is 24.1. The predicted molar refractivity (Wildman–Crippen MR) is 210 cm³/mol. The van der Waals surface area contributed by atoms with Gasteiger partial charge in [0.2, 0.25) is 11.8 Å². The standard InChI is InChI=1S/C42H56ClN5O9/c1-5-26-21-42(26,39(51)52)46-37(49)31-19-28(22-48(31)38(50)36(41(2,3)4)45-40(53)57-27-17-24-16-25(24)18-27)56-33-20-30(23-6-7-23)44-35-29(33)8-9-32(34(35)43)55-15-12-47-10-13-54-14-11-47/h8-9,20,23-28,31,36H,5-7,10-19,21-22H2,1-4H3,(H,45,53)(H,46,49)(H,51,52)/t24-,25+,26-,27?,28-,31?,36-,42-/m1/s1. The van der Waals surface area contributed by atoms with Crippen molar-refractivity contribution in [3.8, 4) is 11.5 Å². The van der Waals surface area contributed by atoms with E-state index in [2.05, 4.69) is 15.5 Å². The van der Waals surface area contributed by atoms with E-state index in [0.29, 0.717) is 71.9 Å². The van der Waals surface area contributed by atoms with Gasteiger partial charge in [0, 0.05) is 49.1 Å². The summed E-state index contributed by atoms with van der Waals surface area (Å²) in [5.74, 6) is 0.230. The Morgan fingerprint density at radius 1 is 1.05 bits per heavy atom. The Bertz CT molecular complexity index is 1890. The second kappa shape index (κ2) is 15.7. The van der Waals surface area contributed by atoms with E-state index in [1.165, 1.54) is 11.3 Å². The molecule has 57 heavy (non-hydrogen) atoms. The monoisotopic (exact) mass is 809 g/mol. The fourth-order valence-electron chi connectivity index (χ4n) is 9.16. The quantitative estimate of drug-likeness (QED) is 0.231. The Hall–Kier alpha value is -3.88. The van der Waals surface area contributed by atoms with Crippen molar-refractivity contribution in [2.75, 3.05) is 46.0 Å². The Kier molecular flexibility index (Phi) is 11.0. The smallest absolute Gasteiger partial charge is 0.408 e. The molecule has 1 aromatic heterocycles. The second-order valence-electron chi connectivity index (χ2n) is 18.2. The molecule has 3 amide bonds. The highest BCUT2D eigenvalue weighted by molar-refractivity contribution is 6.36. The number of nitrogens with one attached hydrogen (secondary N) is 2. The molecule has 310 valence electrons. The maximum absolute atomic E-state index is 14.7. The van der Waals surface area contributed by atoms with Crippen LogP contribution in [0.25, 0.3) is 10.9 Å². The third-order valence-corrected chi connectivity index (χ3v) is 13.3. The van der Waals surface area contributed by atoms with Crippen molar-refractivity contribution >= 4 is 46.4 Å². The van der Waals surface area contributed by atoms with E-state index in [1.807, 2.05) is 45.9 Å². The summed E-state index contributed by atoms with van der Waals surface area (Å²) in [5.41, 5.74) is -0.730. The zero-order valence-corrected chi connectivity index (χ0v) is 34.1. The summed E-state index contributed by atoms with van der Waals surface area (Å²) in [7, 11) is 0. The molecule has 6 fully saturated rings. The maximum Gasteiger partial charge on any atom is 0.408 e. The fourth-order valence-corrected chi connectivity index (χ4v) is 9.42. The van der Waals surface area contributed by atoms with Crippen LogP contribution < -0.4 is 20.1 Å². The molecule has 2 unspecified atom stereocenters. The summed E-state index contributed by atoms with van der Waals surface area (Å²) in [6.45, 7) is 11.8. The molecule has 0 bridgehead atoms. The zero-order valence-electron chi connectivity index (χ0n) is 33.4. The van der Waals surface area contributed by atoms with Crippen LogP contribution in [-0.2, 0) is 23.9 Å². The highest BCUT2D eigenvalue weighted by Crippen LogP contribution is 2.52. The first-order chi connectivity index (χ1) is 27.2. The van der Waals surface area contributed by atoms with Gasteiger partial charge in [0.1, 0.15) is 53.0 Å². The Morgan fingerprint density at radius 3 is 2.44 bits per heavy atom. The lowest BCUT2D eigenvalue weighted by Gasteiger charge is -2.35. The number of carbonyl (C=O) groups excluding carboxylic acids is 3. The highest BCUT2D eigenvalue weighted by atomic mass is 35.5. The number of carbonyl (C=O) groups is 4. The normalized spacial score (nSPS) is 30.0. The van der Waals surface area contributed by atoms with Gasteiger partial charge in [0.25, 0.3) is 0 Å². The van der Waals surface area contributed by atoms with Crippen molar-refractivity contribution in [3.63, 3.8) is 0 Å². The van der Waals surface area contributed by atoms with Gasteiger partial charge < -0.3 is 39.6 Å². The number of fused-ring (bicyclic) bond motifs is 2. The molecule has 1 aromatic carbocycles. The third-order valence-electron chi connectivity index (χ3n) is 12.9. The number of alkyl carbamates (subject to hydrolysis) is 1. The number of aromatic nitrogens is 1. The number of pyridine rings is 1. The number of halogens is 1. The molecule has 0 spiro atoms. The lowest BCUT2D eigenvalue weighted by Crippen LogP contribution is -2.59. The molecule has 2 aromatic rings. The number of likely N-dealkylation sites (tertiary alicyclic amines) is 1. The van der Waals surface area contributed by atoms with Crippen LogP contribution in [0, 0.1) is 23.2 Å². The molecule has 3 heterocycles. The molecule has 4 aliphatic carbocycles. The number of hydrogen-bond acceptors (Lipinski definition) is 10. The number of carboxylic acids is 1. The summed E-state index contributed by atoms with van der Waals surface area (Å²) >= 11 is 7.00. The van der Waals surface area contributed by atoms with E-state index in [4.69, 9.17) is 35.5 Å². The average molecular weight is 810 g/mol. The number of nitrogens with zero attached hydrogens (tertiary/aromatic N) is 3. The largest absolute Gasteiger partial charge is 0.491 e. The van der Waals surface area contributed by atoms with Crippen molar-refractivity contribution in [2.45, 2.75) is 115 Å². The first kappa shape index (κ1) is 39.9. The predicted octanol–water partition coefficient (Wildman–Crippen LogP) is 5.13. The summed E-state index contributed by atoms with van der Waals surface area (Å²) in [6.07, 6.45) is 4.38. The molecule has 8 rings (SSSR count). The topological polar surface area (TPSA) is 169 Å². The number of rotatable bonds is 14. The Labute approximate surface area is 338 Å². The minimum absolute atomic E-state index is 0.0303. The van der Waals surface area contributed by atoms with Crippen LogP contribution in [0.15, 0.2) is 18.2 Å². The molecule has 3 N–H and O–H groups in total. The molecular weight excluding hydrogens is 754 g/mol. The van der Waals surface area contributed by atoms with Crippen LogP contribution in [0.5, 0.6) is 11.5 Å². The lowest BCUT2D eigenvalue weighted by molar-refractivity contribution is -0.146. The van der Waals surface area contributed by atoms with Gasteiger partial charge in [-0.15, -0.1) is 0 Å². The van der Waals surface area contributed by atoms with Crippen LogP contribution in [0.2, 0.25) is 5.02 Å². The maximum atomic E-state index is 14.7. The molecule has 8 atom stereocenters. The average Bonchev–Trinajstić information content (AvgIpc) is 4.14. The van der Waals surface area contributed by atoms with Gasteiger partial charge in [-0.1, -0.05) is 45.7 Å². The van der Waals surface area contributed by atoms with E-state index in [9.17, 15) is 24.3 Å². The van der Waals surface area contributed by atoms with Gasteiger partial charge in [-0.05, 0) is 73.8 Å². The molecule has 15 heteroatoms. The summed E-state index contributed by atoms with van der Waals surface area (Å²) in [6, 6.07) is 3.53. The molecular formula is C42H56ClN5O9. The third kappa shape index (κ3) is 8.50. The molecule has 14 nitrogen and oxygen atoms in total. The van der Waals surface area contributed by atoms with Crippen LogP contribution in [0.4, 0.5) is 4.79 Å². The van der Waals surface area contributed by atoms with Crippen molar-refractivity contribution in [1.29, 1.82) is 0 Å². The zero-order chi connectivity index (χ0) is 40.2. The SMILES string of the molecule is CC[C@@H]1C[C@]1(NC(=O)C1C[C@@H](Oc2cc(C3CC3)nc3c(Cl)c(OCCN4CCOCC4)ccc23)CN1C(=O)[C@@H](NC(=O)OC1C[C@@H]2C[C@@H]2C1)C(C)(C)C)C(=O)O. The molecule has 0 radical (unpaired) electrons. The first-order valence-electron chi connectivity index (χ1n) is 20.8. The van der Waals surface area contributed by atoms with E-state index in [0.717, 1.165) is 51.0 Å². The van der Waals surface area contributed by atoms with E-state index in [1.54, 1.807) is 0 Å². The van der Waals surface area contributed by atoms with Gasteiger partial charge in [-0.25, -0.2) is 9.59 Å². The first-order valence-corrected chi connectivity index (χ1v) is 21.2. The van der Waals surface area contributed by atoms with Crippen LogP contribution in [0.3, 0.4) is 0 Å². The van der Waals surface area contributed by atoms with Gasteiger partial charge in [0.15, 0.2) is 0 Å². The number of hydrogen-bond donors (Lipinski definition) is 3. The number of amides is 3. The number of ether oxygens (including phenoxy) is 4. The fraction of sp³-hybridized carbons (Fsp3) is 0.690. The summed E-state index contributed by atoms with van der Waals surface area (Å²) in [5, 5.41) is 16.9. The van der Waals surface area contributed by atoms with E-state index < -0.39 is 53.0 Å². The van der Waals surface area contributed by atoms with Gasteiger partial charge in [-0.3, -0.25) is 19.5 Å². The molecule has 2 saturated heterocycles. The van der Waals surface area contributed by atoms with Crippen molar-refractivity contribution in [2.24, 2.45) is 23.2 Å². The minimum atomic E-state index is -1.38. The molecule has 2 aliphatic heterocycles. The van der Waals surface area contributed by atoms with Crippen molar-refractivity contribution < 1.29 is 43.2 Å². The van der Waals surface area contributed by atoms with Gasteiger partial charge in [-0.2, -0.15) is 0 Å². The van der Waals surface area contributed by atoms with Crippen LogP contribution >= 0.6 is 11.6 Å². The molecule has 6 aliphatic rings. The second-order valence-corrected chi connectivity index (χ2v) is 18.5. The lowest BCUT2D eigenvalue weighted by atomic mass is 9.85.